The number of carbonyl (C=O) groups excluding carboxylic acids is 1. The molecule has 0 atom stereocenters. The van der Waals surface area contributed by atoms with Crippen LogP contribution in [0, 0.1) is 11.6 Å². The number of aromatic nitrogens is 2. The molecule has 1 aliphatic heterocycles. The Morgan fingerprint density at radius 3 is 2.64 bits per heavy atom. The van der Waals surface area contributed by atoms with E-state index in [1.807, 2.05) is 0 Å². The Bertz CT molecular complexity index is 1130. The number of nitrogens with two attached hydrogens (primary N) is 1. The Morgan fingerprint density at radius 2 is 1.94 bits per heavy atom. The molecule has 0 aliphatic carbocycles. The number of hydrogen-bond donors (Lipinski definition) is 2. The highest BCUT2D eigenvalue weighted by atomic mass is 79.9. The summed E-state index contributed by atoms with van der Waals surface area (Å²) in [6.45, 7) is 3.54. The zero-order chi connectivity index (χ0) is 23.4. The van der Waals surface area contributed by atoms with Gasteiger partial charge in [-0.25, -0.2) is 8.78 Å². The van der Waals surface area contributed by atoms with Crippen LogP contribution < -0.4 is 20.5 Å². The Kier molecular flexibility index (Phi) is 7.36. The first-order chi connectivity index (χ1) is 15.9. The van der Waals surface area contributed by atoms with E-state index < -0.39 is 23.3 Å². The van der Waals surface area contributed by atoms with Crippen molar-refractivity contribution in [2.24, 2.45) is 5.73 Å². The van der Waals surface area contributed by atoms with Crippen molar-refractivity contribution in [2.75, 3.05) is 31.6 Å². The molecule has 1 aliphatic rings. The molecule has 1 aromatic carbocycles. The molecule has 0 saturated carbocycles. The largest absolute Gasteiger partial charge is 0.491 e. The van der Waals surface area contributed by atoms with Gasteiger partial charge in [0.15, 0.2) is 11.6 Å². The predicted octanol–water partition coefficient (Wildman–Crippen LogP) is 4.69. The number of likely N-dealkylation sites (tertiary alicyclic amines) is 1. The summed E-state index contributed by atoms with van der Waals surface area (Å²) in [4.78, 5) is 18.6. The highest BCUT2D eigenvalue weighted by Gasteiger charge is 2.24. The topological polar surface area (TPSA) is 103 Å². The number of amides is 1. The Morgan fingerprint density at radius 1 is 1.21 bits per heavy atom. The first-order valence-corrected chi connectivity index (χ1v) is 11.7. The van der Waals surface area contributed by atoms with Gasteiger partial charge in [-0.2, -0.15) is 4.37 Å². The molecule has 0 radical (unpaired) electrons. The fourth-order valence-electron chi connectivity index (χ4n) is 3.37. The molecular weight excluding hydrogens is 520 g/mol. The molecule has 33 heavy (non-hydrogen) atoms. The van der Waals surface area contributed by atoms with E-state index in [0.717, 1.165) is 43.3 Å². The normalized spacial score (nSPS) is 13.8. The van der Waals surface area contributed by atoms with Crippen LogP contribution in [0.1, 0.15) is 23.2 Å². The lowest BCUT2D eigenvalue weighted by molar-refractivity contribution is 0.0998. The number of nitrogens with one attached hydrogen (secondary N) is 1. The van der Waals surface area contributed by atoms with E-state index in [-0.39, 0.29) is 20.9 Å². The minimum absolute atomic E-state index is 0.137. The zero-order valence-electron chi connectivity index (χ0n) is 17.3. The first kappa shape index (κ1) is 23.3. The number of carbonyl (C=O) groups is 1. The number of nitrogens with zero attached hydrogens (tertiary/aromatic N) is 3. The fraction of sp³-hybridized carbons (Fsp3) is 0.286. The van der Waals surface area contributed by atoms with Crippen molar-refractivity contribution in [3.05, 3.63) is 52.3 Å². The molecule has 1 amide bonds. The van der Waals surface area contributed by atoms with Crippen LogP contribution in [0.2, 0.25) is 0 Å². The van der Waals surface area contributed by atoms with Gasteiger partial charge < -0.3 is 20.5 Å². The van der Waals surface area contributed by atoms with Gasteiger partial charge in [-0.1, -0.05) is 15.9 Å². The SMILES string of the molecule is NC(=O)c1c(Oc2c(F)cc(Br)cc2F)nsc1Nc1cncc(OCCN2CCCC2)c1. The van der Waals surface area contributed by atoms with Crippen LogP contribution in [0.4, 0.5) is 19.5 Å². The van der Waals surface area contributed by atoms with Crippen molar-refractivity contribution in [3.8, 4) is 17.4 Å². The Hall–Kier alpha value is -2.83. The van der Waals surface area contributed by atoms with Crippen LogP contribution in [0.5, 0.6) is 17.4 Å². The number of ether oxygens (including phenoxy) is 2. The van der Waals surface area contributed by atoms with Gasteiger partial charge in [0.2, 0.25) is 11.6 Å². The second-order valence-electron chi connectivity index (χ2n) is 7.29. The summed E-state index contributed by atoms with van der Waals surface area (Å²) in [7, 11) is 0. The van der Waals surface area contributed by atoms with Gasteiger partial charge in [-0.3, -0.25) is 14.7 Å². The summed E-state index contributed by atoms with van der Waals surface area (Å²) >= 11 is 3.86. The molecule has 1 fully saturated rings. The molecule has 3 aromatic rings. The quantitative estimate of drug-likeness (QED) is 0.406. The van der Waals surface area contributed by atoms with Gasteiger partial charge >= 0.3 is 0 Å². The van der Waals surface area contributed by atoms with Crippen LogP contribution in [-0.2, 0) is 0 Å². The lowest BCUT2D eigenvalue weighted by atomic mass is 10.3. The van der Waals surface area contributed by atoms with Crippen molar-refractivity contribution in [3.63, 3.8) is 0 Å². The van der Waals surface area contributed by atoms with E-state index in [4.69, 9.17) is 15.2 Å². The van der Waals surface area contributed by atoms with Crippen molar-refractivity contribution in [1.82, 2.24) is 14.3 Å². The number of rotatable bonds is 9. The van der Waals surface area contributed by atoms with E-state index in [9.17, 15) is 13.6 Å². The average Bonchev–Trinajstić information content (AvgIpc) is 3.41. The van der Waals surface area contributed by atoms with E-state index in [0.29, 0.717) is 18.0 Å². The number of halogens is 3. The summed E-state index contributed by atoms with van der Waals surface area (Å²) in [5, 5.41) is 3.24. The molecule has 0 bridgehead atoms. The molecule has 0 spiro atoms. The number of benzene rings is 1. The summed E-state index contributed by atoms with van der Waals surface area (Å²) < 4.78 is 43.6. The minimum Gasteiger partial charge on any atom is -0.491 e. The Labute approximate surface area is 201 Å². The molecule has 4 rings (SSSR count). The second-order valence-corrected chi connectivity index (χ2v) is 8.98. The summed E-state index contributed by atoms with van der Waals surface area (Å²) in [6.07, 6.45) is 5.55. The summed E-state index contributed by atoms with van der Waals surface area (Å²) in [6, 6.07) is 3.79. The van der Waals surface area contributed by atoms with Crippen molar-refractivity contribution >= 4 is 44.1 Å². The maximum atomic E-state index is 14.2. The van der Waals surface area contributed by atoms with Gasteiger partial charge in [0.25, 0.3) is 5.91 Å². The number of pyridine rings is 1. The van der Waals surface area contributed by atoms with Crippen molar-refractivity contribution < 1.29 is 23.0 Å². The molecule has 0 unspecified atom stereocenters. The summed E-state index contributed by atoms with van der Waals surface area (Å²) in [5.74, 6) is -3.22. The molecule has 2 aromatic heterocycles. The van der Waals surface area contributed by atoms with Gasteiger partial charge in [0.05, 0.1) is 18.1 Å². The van der Waals surface area contributed by atoms with Crippen LogP contribution in [-0.4, -0.2) is 46.4 Å². The van der Waals surface area contributed by atoms with Crippen molar-refractivity contribution in [2.45, 2.75) is 12.8 Å². The van der Waals surface area contributed by atoms with E-state index >= 15 is 0 Å². The van der Waals surface area contributed by atoms with Crippen molar-refractivity contribution in [1.29, 1.82) is 0 Å². The van der Waals surface area contributed by atoms with Gasteiger partial charge in [0.1, 0.15) is 22.9 Å². The molecule has 3 heterocycles. The highest BCUT2D eigenvalue weighted by molar-refractivity contribution is 9.10. The molecule has 3 N–H and O–H groups in total. The predicted molar refractivity (Wildman–Crippen MR) is 123 cm³/mol. The fourth-order valence-corrected chi connectivity index (χ4v) is 4.51. The van der Waals surface area contributed by atoms with Crippen LogP contribution in [0.3, 0.4) is 0 Å². The number of hydrogen-bond acceptors (Lipinski definition) is 8. The van der Waals surface area contributed by atoms with Gasteiger partial charge in [0, 0.05) is 17.1 Å². The maximum absolute atomic E-state index is 14.2. The third kappa shape index (κ3) is 5.75. The Balaban J connectivity index is 1.48. The average molecular weight is 540 g/mol. The molecule has 1 saturated heterocycles. The lowest BCUT2D eigenvalue weighted by Gasteiger charge is -2.15. The van der Waals surface area contributed by atoms with Gasteiger partial charge in [-0.15, -0.1) is 0 Å². The highest BCUT2D eigenvalue weighted by Crippen LogP contribution is 2.37. The first-order valence-electron chi connectivity index (χ1n) is 10.1. The monoisotopic (exact) mass is 539 g/mol. The lowest BCUT2D eigenvalue weighted by Crippen LogP contribution is -2.25. The number of primary amides is 1. The summed E-state index contributed by atoms with van der Waals surface area (Å²) in [5.41, 5.74) is 5.87. The maximum Gasteiger partial charge on any atom is 0.257 e. The molecule has 12 heteroatoms. The van der Waals surface area contributed by atoms with E-state index in [1.54, 1.807) is 12.3 Å². The van der Waals surface area contributed by atoms with Gasteiger partial charge in [-0.05, 0) is 49.6 Å². The van der Waals surface area contributed by atoms with E-state index in [2.05, 4.69) is 35.5 Å². The second kappa shape index (κ2) is 10.4. The van der Waals surface area contributed by atoms with Crippen LogP contribution in [0.15, 0.2) is 35.1 Å². The smallest absolute Gasteiger partial charge is 0.257 e. The molecule has 8 nitrogen and oxygen atoms in total. The van der Waals surface area contributed by atoms with E-state index in [1.165, 1.54) is 19.0 Å². The molecular formula is C21H20BrF2N5O3S. The minimum atomic E-state index is -0.956. The van der Waals surface area contributed by atoms with Crippen LogP contribution >= 0.6 is 27.5 Å². The molecule has 174 valence electrons. The zero-order valence-corrected chi connectivity index (χ0v) is 19.7. The third-order valence-electron chi connectivity index (χ3n) is 4.91. The van der Waals surface area contributed by atoms with Crippen LogP contribution in [0.25, 0.3) is 0 Å². The standard InChI is InChI=1S/C21H20BrF2N5O3S/c22-12-7-15(23)18(16(24)8-12)32-20-17(19(25)30)21(33-28-20)27-13-9-14(11-26-10-13)31-6-5-29-3-1-2-4-29/h7-11,27H,1-6H2,(H2,25,30). The third-order valence-corrected chi connectivity index (χ3v) is 6.12. The number of anilines is 2.